The molecule has 2 aliphatic rings. The van der Waals surface area contributed by atoms with Crippen LogP contribution in [-0.4, -0.2) is 69.9 Å². The van der Waals surface area contributed by atoms with Gasteiger partial charge in [-0.3, -0.25) is 4.90 Å². The van der Waals surface area contributed by atoms with Gasteiger partial charge in [-0.2, -0.15) is 20.1 Å². The van der Waals surface area contributed by atoms with E-state index < -0.39 is 0 Å². The first-order valence-electron chi connectivity index (χ1n) is 13.5. The summed E-state index contributed by atoms with van der Waals surface area (Å²) in [5.41, 5.74) is 6.26. The summed E-state index contributed by atoms with van der Waals surface area (Å²) in [6.07, 6.45) is 5.66. The summed E-state index contributed by atoms with van der Waals surface area (Å²) in [4.78, 5) is 4.61. The normalized spacial score (nSPS) is 21.2. The van der Waals surface area contributed by atoms with Gasteiger partial charge in [-0.25, -0.2) is 0 Å². The Kier molecular flexibility index (Phi) is 8.70. The van der Waals surface area contributed by atoms with Gasteiger partial charge in [0.2, 0.25) is 6.04 Å². The molecule has 0 radical (unpaired) electrons. The number of piperidine rings is 1. The predicted octanol–water partition coefficient (Wildman–Crippen LogP) is 5.09. The van der Waals surface area contributed by atoms with Crippen LogP contribution in [0.25, 0.3) is 11.0 Å². The van der Waals surface area contributed by atoms with Crippen molar-refractivity contribution in [3.05, 3.63) is 82.9 Å². The number of benzene rings is 2. The number of hydrogen-bond acceptors (Lipinski definition) is 8. The maximum Gasteiger partial charge on any atom is 0.203 e. The lowest BCUT2D eigenvalue weighted by atomic mass is 9.92. The summed E-state index contributed by atoms with van der Waals surface area (Å²) >= 11 is 0. The fourth-order valence-electron chi connectivity index (χ4n) is 5.76. The van der Waals surface area contributed by atoms with E-state index >= 15 is 0 Å². The summed E-state index contributed by atoms with van der Waals surface area (Å²) in [7, 11) is 6.04. The van der Waals surface area contributed by atoms with Crippen LogP contribution in [0.5, 0.6) is 0 Å². The molecule has 4 heterocycles. The molecular weight excluding hydrogens is 528 g/mol. The second-order valence-corrected chi connectivity index (χ2v) is 10.7. The van der Waals surface area contributed by atoms with Gasteiger partial charge in [0.25, 0.3) is 0 Å². The Morgan fingerprint density at radius 3 is 2.70 bits per heavy atom. The monoisotopic (exact) mass is 563 g/mol. The molecule has 2 aromatic carbocycles. The van der Waals surface area contributed by atoms with E-state index in [1.54, 1.807) is 6.26 Å². The van der Waals surface area contributed by atoms with Gasteiger partial charge in [-0.15, -0.1) is 12.4 Å². The Morgan fingerprint density at radius 2 is 1.93 bits per heavy atom. The van der Waals surface area contributed by atoms with Gasteiger partial charge in [0.1, 0.15) is 22.2 Å². The number of halogens is 1. The van der Waals surface area contributed by atoms with Gasteiger partial charge < -0.3 is 14.1 Å². The smallest absolute Gasteiger partial charge is 0.203 e. The number of nitrogens with zero attached hydrogens (tertiary/aromatic N) is 7. The zero-order chi connectivity index (χ0) is 26.8. The quantitative estimate of drug-likeness (QED) is 0.285. The molecule has 0 bridgehead atoms. The number of aromatic amines is 1. The largest absolute Gasteiger partial charge is 0.464 e. The molecule has 2 aromatic heterocycles. The maximum absolute atomic E-state index is 6.78. The Labute approximate surface area is 240 Å². The van der Waals surface area contributed by atoms with Crippen LogP contribution in [0.1, 0.15) is 53.0 Å². The van der Waals surface area contributed by atoms with E-state index in [4.69, 9.17) is 9.15 Å². The van der Waals surface area contributed by atoms with E-state index in [0.717, 1.165) is 59.4 Å². The Hall–Kier alpha value is -3.44. The third-order valence-electron chi connectivity index (χ3n) is 7.59. The number of nitrogens with one attached hydrogen (secondary N) is 1. The van der Waals surface area contributed by atoms with Crippen molar-refractivity contribution in [2.24, 2.45) is 10.3 Å². The van der Waals surface area contributed by atoms with Gasteiger partial charge in [0, 0.05) is 29.6 Å². The molecule has 0 spiro atoms. The highest BCUT2D eigenvalue weighted by Crippen LogP contribution is 2.36. The van der Waals surface area contributed by atoms with Crippen molar-refractivity contribution in [3.63, 3.8) is 0 Å². The summed E-state index contributed by atoms with van der Waals surface area (Å²) in [6.45, 7) is 2.90. The van der Waals surface area contributed by atoms with Crippen LogP contribution in [0.15, 0.2) is 69.5 Å². The Bertz CT molecular complexity index is 1480. The number of H-pyrrole nitrogens is 1. The summed E-state index contributed by atoms with van der Waals surface area (Å²) < 4.78 is 14.5. The van der Waals surface area contributed by atoms with Crippen molar-refractivity contribution in [2.45, 2.75) is 50.7 Å². The van der Waals surface area contributed by atoms with Gasteiger partial charge >= 0.3 is 0 Å². The van der Waals surface area contributed by atoms with Crippen LogP contribution >= 0.6 is 12.4 Å². The van der Waals surface area contributed by atoms with E-state index in [-0.39, 0.29) is 30.6 Å². The van der Waals surface area contributed by atoms with E-state index in [1.807, 2.05) is 38.1 Å². The fourth-order valence-corrected chi connectivity index (χ4v) is 5.76. The Balaban J connectivity index is 0.00000323. The SMILES string of the molecule is CN(C)Cc1n[nH]nc1CN1CCC[C@H](OCc2cc(C3C=NN=[N+]3C)cc3ccoc23)[C@@H]1c1ccccc1.Cl. The third-order valence-corrected chi connectivity index (χ3v) is 7.59. The molecule has 40 heavy (non-hydrogen) atoms. The molecule has 0 amide bonds. The molecule has 0 saturated carbocycles. The van der Waals surface area contributed by atoms with E-state index in [9.17, 15) is 0 Å². The molecule has 1 fully saturated rings. The van der Waals surface area contributed by atoms with Crippen LogP contribution in [0.3, 0.4) is 0 Å². The number of rotatable bonds is 9. The standard InChI is InChI=1S/C29H35N8O2.ClH/c1-35(2)17-24-25(32-33-31-24)18-37-12-7-10-27(28(37)20-8-5-4-6-9-20)39-19-23-15-22(26-16-30-34-36(26)3)14-21-11-13-38-29(21)23;/h4-6,8-9,11,13-16,26-28H,7,10,12,17-19H2,1-3H3,(H,31,32,33);1H/q+1;/t26?,27-,28-;/m0./s1. The lowest BCUT2D eigenvalue weighted by molar-refractivity contribution is -0.585. The fraction of sp³-hybridized carbons (Fsp3) is 0.414. The van der Waals surface area contributed by atoms with Crippen molar-refractivity contribution in [3.8, 4) is 0 Å². The molecule has 1 unspecified atom stereocenters. The highest BCUT2D eigenvalue weighted by atomic mass is 35.5. The molecule has 1 N–H and O–H groups in total. The zero-order valence-electron chi connectivity index (χ0n) is 23.1. The summed E-state index contributed by atoms with van der Waals surface area (Å²) in [5.74, 6) is 0. The molecule has 2 aliphatic heterocycles. The third kappa shape index (κ3) is 5.85. The van der Waals surface area contributed by atoms with Crippen molar-refractivity contribution in [1.82, 2.24) is 25.2 Å². The van der Waals surface area contributed by atoms with Crippen LogP contribution < -0.4 is 0 Å². The van der Waals surface area contributed by atoms with Crippen molar-refractivity contribution in [2.75, 3.05) is 27.7 Å². The molecule has 1 saturated heterocycles. The average Bonchev–Trinajstić information content (AvgIpc) is 3.69. The van der Waals surface area contributed by atoms with Crippen molar-refractivity contribution in [1.29, 1.82) is 0 Å². The minimum atomic E-state index is 0. The highest BCUT2D eigenvalue weighted by Gasteiger charge is 2.35. The van der Waals surface area contributed by atoms with Gasteiger partial charge in [0.15, 0.2) is 6.21 Å². The van der Waals surface area contributed by atoms with Gasteiger partial charge in [-0.05, 0) is 57.2 Å². The summed E-state index contributed by atoms with van der Waals surface area (Å²) in [5, 5.41) is 21.1. The zero-order valence-corrected chi connectivity index (χ0v) is 23.9. The van der Waals surface area contributed by atoms with Gasteiger partial charge in [0.05, 0.1) is 37.2 Å². The van der Waals surface area contributed by atoms with Crippen molar-refractivity contribution >= 4 is 29.6 Å². The lowest BCUT2D eigenvalue weighted by Crippen LogP contribution is -2.42. The predicted molar refractivity (Wildman–Crippen MR) is 154 cm³/mol. The Morgan fingerprint density at radius 1 is 1.10 bits per heavy atom. The number of furan rings is 1. The minimum absolute atomic E-state index is 0. The number of likely N-dealkylation sites (tertiary alicyclic amines) is 1. The summed E-state index contributed by atoms with van der Waals surface area (Å²) in [6, 6.07) is 17.1. The lowest BCUT2D eigenvalue weighted by Gasteiger charge is -2.41. The minimum Gasteiger partial charge on any atom is -0.464 e. The van der Waals surface area contributed by atoms with Crippen LogP contribution in [0, 0.1) is 0 Å². The highest BCUT2D eigenvalue weighted by molar-refractivity contribution is 5.85. The molecule has 10 nitrogen and oxygen atoms in total. The molecule has 0 aliphatic carbocycles. The van der Waals surface area contributed by atoms with E-state index in [2.05, 4.69) is 78.0 Å². The first-order valence-corrected chi connectivity index (χ1v) is 13.5. The number of ether oxygens (including phenoxy) is 1. The van der Waals surface area contributed by atoms with Crippen LogP contribution in [0.4, 0.5) is 0 Å². The van der Waals surface area contributed by atoms with E-state index in [0.29, 0.717) is 13.2 Å². The second kappa shape index (κ2) is 12.4. The first-order chi connectivity index (χ1) is 19.1. The maximum atomic E-state index is 6.78. The molecule has 6 rings (SSSR count). The number of fused-ring (bicyclic) bond motifs is 1. The van der Waals surface area contributed by atoms with Crippen molar-refractivity contribution < 1.29 is 13.9 Å². The number of aromatic nitrogens is 3. The second-order valence-electron chi connectivity index (χ2n) is 10.7. The first kappa shape index (κ1) is 28.1. The van der Waals surface area contributed by atoms with Crippen LogP contribution in [-0.2, 0) is 24.4 Å². The topological polar surface area (TPSA) is 98.2 Å². The number of hydrogen-bond donors (Lipinski definition) is 1. The molecule has 11 heteroatoms. The molecule has 4 aromatic rings. The average molecular weight is 564 g/mol. The van der Waals surface area contributed by atoms with Crippen LogP contribution in [0.2, 0.25) is 0 Å². The van der Waals surface area contributed by atoms with Gasteiger partial charge in [-0.1, -0.05) is 30.3 Å². The molecule has 3 atom stereocenters. The van der Waals surface area contributed by atoms with E-state index in [1.165, 1.54) is 5.56 Å². The molecule has 210 valence electrons. The molecular formula is C29H36ClN8O2+.